The summed E-state index contributed by atoms with van der Waals surface area (Å²) in [6.45, 7) is 6.74. The van der Waals surface area contributed by atoms with Crippen LogP contribution in [0.1, 0.15) is 72.1 Å². The van der Waals surface area contributed by atoms with E-state index in [4.69, 9.17) is 12.0 Å². The molecule has 0 aliphatic carbocycles. The van der Waals surface area contributed by atoms with Crippen LogP contribution in [0, 0.1) is 0 Å². The van der Waals surface area contributed by atoms with Gasteiger partial charge in [-0.2, -0.15) is 0 Å². The molecule has 0 N–H and O–H groups in total. The van der Waals surface area contributed by atoms with Crippen LogP contribution in [0.15, 0.2) is 0 Å². The van der Waals surface area contributed by atoms with Crippen LogP contribution in [-0.4, -0.2) is 26.0 Å². The average Bonchev–Trinajstić information content (AvgIpc) is 2.24. The van der Waals surface area contributed by atoms with Gasteiger partial charge < -0.3 is 0 Å². The second-order valence-corrected chi connectivity index (χ2v) is 6.38. The van der Waals surface area contributed by atoms with Crippen molar-refractivity contribution in [2.45, 2.75) is 77.7 Å². The van der Waals surface area contributed by atoms with E-state index in [2.05, 4.69) is 20.8 Å². The molecule has 0 spiro atoms. The van der Waals surface area contributed by atoms with Gasteiger partial charge >= 0.3 is 110 Å². The molecule has 0 fully saturated rings. The van der Waals surface area contributed by atoms with Crippen molar-refractivity contribution in [2.75, 3.05) is 0 Å². The zero-order valence-electron chi connectivity index (χ0n) is 10.4. The van der Waals surface area contributed by atoms with Crippen molar-refractivity contribution in [2.24, 2.45) is 0 Å². The Hall–Kier alpha value is 1.05. The van der Waals surface area contributed by atoms with E-state index < -0.39 is 20.4 Å². The molecule has 15 heavy (non-hydrogen) atoms. The molecule has 0 unspecified atom stereocenters. The fourth-order valence-corrected chi connectivity index (χ4v) is 4.50. The summed E-state index contributed by atoms with van der Waals surface area (Å²) in [7, 11) is 5.93. The molecular formula is C12H25ClOSn. The van der Waals surface area contributed by atoms with E-state index in [0.29, 0.717) is 0 Å². The Morgan fingerprint density at radius 3 is 1.80 bits per heavy atom. The molecule has 0 aromatic heterocycles. The summed E-state index contributed by atoms with van der Waals surface area (Å²) in [5.41, 5.74) is 0.147. The molecule has 0 aliphatic rings. The Morgan fingerprint density at radius 1 is 0.933 bits per heavy atom. The van der Waals surface area contributed by atoms with Crippen molar-refractivity contribution in [1.82, 2.24) is 0 Å². The predicted octanol–water partition coefficient (Wildman–Crippen LogP) is 4.70. The second kappa shape index (κ2) is 10.2. The third-order valence-electron chi connectivity index (χ3n) is 2.93. The number of rotatable bonds is 10. The van der Waals surface area contributed by atoms with Crippen molar-refractivity contribution in [3.63, 3.8) is 0 Å². The standard InChI is InChI=1S/C12H25O.ClH.Sn/c1-4-7-10-12(13,9-6-3)11-8-5-2;;/h4-11H2,1-3H3;1H;/q-1;;+2/p-1. The van der Waals surface area contributed by atoms with Crippen molar-refractivity contribution in [1.29, 1.82) is 0 Å². The zero-order valence-corrected chi connectivity index (χ0v) is 14.1. The third kappa shape index (κ3) is 7.06. The van der Waals surface area contributed by atoms with Gasteiger partial charge in [0.05, 0.1) is 0 Å². The van der Waals surface area contributed by atoms with Gasteiger partial charge in [-0.1, -0.05) is 0 Å². The van der Waals surface area contributed by atoms with Gasteiger partial charge in [0, 0.05) is 0 Å². The summed E-state index contributed by atoms with van der Waals surface area (Å²) in [5, 5.41) is 0. The van der Waals surface area contributed by atoms with Crippen LogP contribution < -0.4 is 0 Å². The van der Waals surface area contributed by atoms with Crippen LogP contribution in [0.4, 0.5) is 0 Å². The van der Waals surface area contributed by atoms with E-state index in [1.807, 2.05) is 0 Å². The first kappa shape index (κ1) is 16.0. The fraction of sp³-hybridized carbons (Fsp3) is 1.00. The number of unbranched alkanes of at least 4 members (excludes halogenated alkanes) is 2. The van der Waals surface area contributed by atoms with Crippen LogP contribution in [0.25, 0.3) is 0 Å². The first-order valence-electron chi connectivity index (χ1n) is 6.28. The van der Waals surface area contributed by atoms with Crippen molar-refractivity contribution in [3.05, 3.63) is 0 Å². The molecule has 2 radical (unpaired) electrons. The summed E-state index contributed by atoms with van der Waals surface area (Å²) in [6, 6.07) is 0. The quantitative estimate of drug-likeness (QED) is 0.524. The molecule has 1 nitrogen and oxygen atoms in total. The molecule has 90 valence electrons. The molecular weight excluding hydrogens is 314 g/mol. The molecule has 0 aromatic carbocycles. The van der Waals surface area contributed by atoms with E-state index in [-0.39, 0.29) is 5.60 Å². The van der Waals surface area contributed by atoms with Crippen molar-refractivity contribution >= 4 is 29.4 Å². The third-order valence-corrected chi connectivity index (χ3v) is 4.91. The van der Waals surface area contributed by atoms with Gasteiger partial charge in [0.2, 0.25) is 0 Å². The molecule has 0 saturated heterocycles. The molecule has 0 saturated carbocycles. The monoisotopic (exact) mass is 340 g/mol. The van der Waals surface area contributed by atoms with E-state index in [1.54, 1.807) is 0 Å². The maximum absolute atomic E-state index is 6.01. The van der Waals surface area contributed by atoms with Gasteiger partial charge in [-0.25, -0.2) is 0 Å². The van der Waals surface area contributed by atoms with Crippen LogP contribution >= 0.6 is 8.92 Å². The van der Waals surface area contributed by atoms with E-state index in [9.17, 15) is 0 Å². The van der Waals surface area contributed by atoms with E-state index >= 15 is 0 Å². The van der Waals surface area contributed by atoms with Gasteiger partial charge in [0.15, 0.2) is 0 Å². The van der Waals surface area contributed by atoms with E-state index in [0.717, 1.165) is 0 Å². The first-order chi connectivity index (χ1) is 7.24. The average molecular weight is 339 g/mol. The van der Waals surface area contributed by atoms with Crippen LogP contribution in [-0.2, 0) is 3.07 Å². The summed E-state index contributed by atoms with van der Waals surface area (Å²) in [4.78, 5) is 0. The molecule has 0 aromatic rings. The summed E-state index contributed by atoms with van der Waals surface area (Å²) in [5.74, 6) is 0. The number of hydrogen-bond acceptors (Lipinski definition) is 1. The Morgan fingerprint density at radius 2 is 1.47 bits per heavy atom. The second-order valence-electron chi connectivity index (χ2n) is 4.32. The Labute approximate surface area is 110 Å². The summed E-state index contributed by atoms with van der Waals surface area (Å²) in [6.07, 6.45) is 9.91. The van der Waals surface area contributed by atoms with Crippen LogP contribution in [0.3, 0.4) is 0 Å². The molecule has 0 atom stereocenters. The van der Waals surface area contributed by atoms with Gasteiger partial charge in [0.25, 0.3) is 0 Å². The molecule has 0 amide bonds. The first-order valence-corrected chi connectivity index (χ1v) is 11.1. The van der Waals surface area contributed by atoms with Gasteiger partial charge in [0.1, 0.15) is 0 Å². The van der Waals surface area contributed by atoms with Crippen molar-refractivity contribution in [3.8, 4) is 0 Å². The fourth-order valence-electron chi connectivity index (χ4n) is 2.06. The zero-order chi connectivity index (χ0) is 11.6. The Balaban J connectivity index is 4.26. The van der Waals surface area contributed by atoms with E-state index in [1.165, 1.54) is 51.4 Å². The van der Waals surface area contributed by atoms with Gasteiger partial charge in [-0.3, -0.25) is 0 Å². The maximum atomic E-state index is 6.01. The topological polar surface area (TPSA) is 9.23 Å². The minimum atomic E-state index is -1.05. The normalized spacial score (nSPS) is 12.0. The van der Waals surface area contributed by atoms with Gasteiger partial charge in [-0.05, 0) is 0 Å². The van der Waals surface area contributed by atoms with Gasteiger partial charge in [-0.15, -0.1) is 0 Å². The molecule has 0 heterocycles. The molecule has 0 aliphatic heterocycles. The van der Waals surface area contributed by atoms with Crippen LogP contribution in [0.5, 0.6) is 0 Å². The number of hydrogen-bond donors (Lipinski definition) is 0. The summed E-state index contributed by atoms with van der Waals surface area (Å²) < 4.78 is 6.01. The predicted molar refractivity (Wildman–Crippen MR) is 69.4 cm³/mol. The molecule has 3 heteroatoms. The van der Waals surface area contributed by atoms with Crippen LogP contribution in [0.2, 0.25) is 0 Å². The Kier molecular flexibility index (Phi) is 10.9. The van der Waals surface area contributed by atoms with Crippen molar-refractivity contribution < 1.29 is 3.07 Å². The SMILES string of the molecule is CCCCC(CCC)(CCCC)[O][Sn][Cl]. The minimum absolute atomic E-state index is 0.147. The molecule has 0 bridgehead atoms. The molecule has 0 rings (SSSR count). The number of halogens is 1. The Bertz CT molecular complexity index is 126. The summed E-state index contributed by atoms with van der Waals surface area (Å²) >= 11 is -1.05.